The highest BCUT2D eigenvalue weighted by Gasteiger charge is 2.08. The van der Waals surface area contributed by atoms with Crippen molar-refractivity contribution in [3.05, 3.63) is 59.1 Å². The summed E-state index contributed by atoms with van der Waals surface area (Å²) in [4.78, 5) is 11.6. The van der Waals surface area contributed by atoms with Crippen LogP contribution in [0.2, 0.25) is 5.02 Å². The first-order chi connectivity index (χ1) is 9.56. The molecule has 2 aromatic rings. The maximum absolute atomic E-state index is 13.4. The van der Waals surface area contributed by atoms with Gasteiger partial charge in [-0.05, 0) is 30.3 Å². The Balaban J connectivity index is 1.96. The predicted octanol–water partition coefficient (Wildman–Crippen LogP) is 3.67. The number of benzene rings is 2. The molecule has 0 aliphatic rings. The molecule has 0 bridgehead atoms. The largest absolute Gasteiger partial charge is 0.374 e. The summed E-state index contributed by atoms with van der Waals surface area (Å²) in [5.41, 5.74) is 0.187. The molecule has 0 saturated heterocycles. The molecule has 2 aromatic carbocycles. The topological polar surface area (TPSA) is 41.1 Å². The van der Waals surface area contributed by atoms with Crippen LogP contribution in [-0.4, -0.2) is 12.5 Å². The van der Waals surface area contributed by atoms with Crippen molar-refractivity contribution in [1.29, 1.82) is 0 Å². The first kappa shape index (κ1) is 14.3. The van der Waals surface area contributed by atoms with Crippen LogP contribution in [0.25, 0.3) is 0 Å². The van der Waals surface area contributed by atoms with Crippen molar-refractivity contribution in [3.8, 4) is 0 Å². The van der Waals surface area contributed by atoms with Crippen LogP contribution in [-0.2, 0) is 4.79 Å². The van der Waals surface area contributed by atoms with Crippen LogP contribution in [0.4, 0.5) is 20.2 Å². The van der Waals surface area contributed by atoms with Crippen molar-refractivity contribution in [2.75, 3.05) is 17.2 Å². The summed E-state index contributed by atoms with van der Waals surface area (Å²) in [5.74, 6) is -1.54. The van der Waals surface area contributed by atoms with E-state index in [0.29, 0.717) is 5.02 Å². The third kappa shape index (κ3) is 3.68. The maximum atomic E-state index is 13.4. The number of rotatable bonds is 4. The summed E-state index contributed by atoms with van der Waals surface area (Å²) in [6, 6.07) is 9.76. The molecule has 0 atom stereocenters. The van der Waals surface area contributed by atoms with Gasteiger partial charge in [-0.25, -0.2) is 8.78 Å². The van der Waals surface area contributed by atoms with E-state index < -0.39 is 17.5 Å². The smallest absolute Gasteiger partial charge is 0.243 e. The normalized spacial score (nSPS) is 10.2. The third-order valence-corrected chi connectivity index (χ3v) is 2.75. The molecule has 0 aromatic heterocycles. The van der Waals surface area contributed by atoms with Gasteiger partial charge in [-0.15, -0.1) is 0 Å². The molecule has 2 N–H and O–H groups in total. The second-order valence-electron chi connectivity index (χ2n) is 4.01. The van der Waals surface area contributed by atoms with Gasteiger partial charge in [-0.1, -0.05) is 23.7 Å². The zero-order valence-electron chi connectivity index (χ0n) is 10.3. The summed E-state index contributed by atoms with van der Waals surface area (Å²) < 4.78 is 26.7. The molecule has 0 fully saturated rings. The van der Waals surface area contributed by atoms with Gasteiger partial charge < -0.3 is 10.6 Å². The summed E-state index contributed by atoms with van der Waals surface area (Å²) in [7, 11) is 0. The SMILES string of the molecule is O=C(CNc1cc(Cl)ccc1F)Nc1ccccc1F. The number of carbonyl (C=O) groups excluding carboxylic acids is 1. The summed E-state index contributed by atoms with van der Waals surface area (Å²) in [6.07, 6.45) is 0. The zero-order chi connectivity index (χ0) is 14.5. The van der Waals surface area contributed by atoms with E-state index in [1.807, 2.05) is 0 Å². The molecule has 0 aliphatic heterocycles. The standard InChI is InChI=1S/C14H11ClF2N2O/c15-9-5-6-11(17)13(7-9)18-8-14(20)19-12-4-2-1-3-10(12)16/h1-7,18H,8H2,(H,19,20). The molecule has 2 rings (SSSR count). The highest BCUT2D eigenvalue weighted by molar-refractivity contribution is 6.30. The Kier molecular flexibility index (Phi) is 4.53. The van der Waals surface area contributed by atoms with Gasteiger partial charge in [0.15, 0.2) is 0 Å². The maximum Gasteiger partial charge on any atom is 0.243 e. The number of hydrogen-bond acceptors (Lipinski definition) is 2. The van der Waals surface area contributed by atoms with Crippen LogP contribution < -0.4 is 10.6 Å². The van der Waals surface area contributed by atoms with E-state index in [-0.39, 0.29) is 17.9 Å². The fraction of sp³-hybridized carbons (Fsp3) is 0.0714. The minimum Gasteiger partial charge on any atom is -0.374 e. The van der Waals surface area contributed by atoms with E-state index in [0.717, 1.165) is 0 Å². The van der Waals surface area contributed by atoms with E-state index in [1.54, 1.807) is 6.07 Å². The molecule has 0 radical (unpaired) electrons. The molecule has 0 saturated carbocycles. The van der Waals surface area contributed by atoms with Crippen LogP contribution in [0.3, 0.4) is 0 Å². The lowest BCUT2D eigenvalue weighted by Gasteiger charge is -2.09. The summed E-state index contributed by atoms with van der Waals surface area (Å²) in [6.45, 7) is -0.203. The van der Waals surface area contributed by atoms with Crippen LogP contribution in [0.5, 0.6) is 0 Å². The lowest BCUT2D eigenvalue weighted by Crippen LogP contribution is -2.22. The molecule has 0 unspecified atom stereocenters. The van der Waals surface area contributed by atoms with Crippen molar-refractivity contribution < 1.29 is 13.6 Å². The number of halogens is 3. The van der Waals surface area contributed by atoms with Crippen molar-refractivity contribution in [3.63, 3.8) is 0 Å². The van der Waals surface area contributed by atoms with E-state index in [1.165, 1.54) is 36.4 Å². The van der Waals surface area contributed by atoms with Crippen molar-refractivity contribution in [2.45, 2.75) is 0 Å². The Morgan fingerprint density at radius 3 is 2.50 bits per heavy atom. The van der Waals surface area contributed by atoms with Crippen molar-refractivity contribution in [2.24, 2.45) is 0 Å². The minimum absolute atomic E-state index is 0.0749. The van der Waals surface area contributed by atoms with Gasteiger partial charge in [-0.3, -0.25) is 4.79 Å². The van der Waals surface area contributed by atoms with Crippen molar-refractivity contribution in [1.82, 2.24) is 0 Å². The lowest BCUT2D eigenvalue weighted by molar-refractivity contribution is -0.114. The first-order valence-corrected chi connectivity index (χ1v) is 6.17. The molecule has 0 heterocycles. The Morgan fingerprint density at radius 2 is 1.75 bits per heavy atom. The van der Waals surface area contributed by atoms with E-state index in [4.69, 9.17) is 11.6 Å². The molecule has 104 valence electrons. The molecular weight excluding hydrogens is 286 g/mol. The zero-order valence-corrected chi connectivity index (χ0v) is 11.0. The number of hydrogen-bond donors (Lipinski definition) is 2. The molecule has 1 amide bonds. The third-order valence-electron chi connectivity index (χ3n) is 2.52. The van der Waals surface area contributed by atoms with Gasteiger partial charge in [-0.2, -0.15) is 0 Å². The van der Waals surface area contributed by atoms with Gasteiger partial charge in [0.25, 0.3) is 0 Å². The van der Waals surface area contributed by atoms with Crippen LogP contribution in [0.1, 0.15) is 0 Å². The van der Waals surface area contributed by atoms with Gasteiger partial charge in [0.05, 0.1) is 17.9 Å². The average Bonchev–Trinajstić information content (AvgIpc) is 2.42. The van der Waals surface area contributed by atoms with Crippen LogP contribution >= 0.6 is 11.6 Å². The highest BCUT2D eigenvalue weighted by atomic mass is 35.5. The van der Waals surface area contributed by atoms with E-state index >= 15 is 0 Å². The van der Waals surface area contributed by atoms with Crippen LogP contribution in [0.15, 0.2) is 42.5 Å². The molecule has 6 heteroatoms. The van der Waals surface area contributed by atoms with Crippen molar-refractivity contribution >= 4 is 28.9 Å². The molecule has 0 aliphatic carbocycles. The Bertz CT molecular complexity index is 634. The second kappa shape index (κ2) is 6.34. The Morgan fingerprint density at radius 1 is 1.05 bits per heavy atom. The minimum atomic E-state index is -0.533. The summed E-state index contributed by atoms with van der Waals surface area (Å²) in [5, 5.41) is 5.33. The lowest BCUT2D eigenvalue weighted by atomic mass is 10.3. The van der Waals surface area contributed by atoms with E-state index in [9.17, 15) is 13.6 Å². The quantitative estimate of drug-likeness (QED) is 0.904. The van der Waals surface area contributed by atoms with E-state index in [2.05, 4.69) is 10.6 Å². The summed E-state index contributed by atoms with van der Waals surface area (Å²) >= 11 is 5.73. The molecule has 3 nitrogen and oxygen atoms in total. The number of anilines is 2. The first-order valence-electron chi connectivity index (χ1n) is 5.79. The molecule has 0 spiro atoms. The van der Waals surface area contributed by atoms with Crippen LogP contribution in [0, 0.1) is 11.6 Å². The highest BCUT2D eigenvalue weighted by Crippen LogP contribution is 2.19. The predicted molar refractivity (Wildman–Crippen MR) is 74.9 cm³/mol. The number of nitrogens with one attached hydrogen (secondary N) is 2. The van der Waals surface area contributed by atoms with Gasteiger partial charge in [0, 0.05) is 5.02 Å². The monoisotopic (exact) mass is 296 g/mol. The second-order valence-corrected chi connectivity index (χ2v) is 4.44. The number of carbonyl (C=O) groups is 1. The Hall–Kier alpha value is -2.14. The number of para-hydroxylation sites is 1. The van der Waals surface area contributed by atoms with Gasteiger partial charge in [0.2, 0.25) is 5.91 Å². The fourth-order valence-electron chi connectivity index (χ4n) is 1.57. The van der Waals surface area contributed by atoms with Gasteiger partial charge in [0.1, 0.15) is 11.6 Å². The molecule has 20 heavy (non-hydrogen) atoms. The van der Waals surface area contributed by atoms with Gasteiger partial charge >= 0.3 is 0 Å². The Labute approximate surface area is 119 Å². The number of amides is 1. The molecular formula is C14H11ClF2N2O. The fourth-order valence-corrected chi connectivity index (χ4v) is 1.74. The average molecular weight is 297 g/mol.